The summed E-state index contributed by atoms with van der Waals surface area (Å²) in [6, 6.07) is 8.73. The van der Waals surface area contributed by atoms with Gasteiger partial charge in [0.1, 0.15) is 22.8 Å². The number of halogens is 1. The van der Waals surface area contributed by atoms with Crippen LogP contribution in [0.2, 0.25) is 5.15 Å². The minimum Gasteiger partial charge on any atom is -0.494 e. The Morgan fingerprint density at radius 3 is 2.55 bits per heavy atom. The number of carbonyl (C=O) groups excluding carboxylic acids is 2. The van der Waals surface area contributed by atoms with E-state index in [4.69, 9.17) is 21.1 Å². The Kier molecular flexibility index (Phi) is 6.80. The largest absolute Gasteiger partial charge is 0.494 e. The van der Waals surface area contributed by atoms with Crippen LogP contribution >= 0.6 is 11.6 Å². The molecule has 8 nitrogen and oxygen atoms in total. The minimum atomic E-state index is -0.733. The normalized spacial score (nSPS) is 11.4. The predicted molar refractivity (Wildman–Crippen MR) is 118 cm³/mol. The Balaban J connectivity index is 2.23. The second kappa shape index (κ2) is 9.34. The van der Waals surface area contributed by atoms with Gasteiger partial charge in [-0.1, -0.05) is 11.6 Å². The van der Waals surface area contributed by atoms with Crippen molar-refractivity contribution in [1.82, 2.24) is 14.6 Å². The molecule has 0 unspecified atom stereocenters. The van der Waals surface area contributed by atoms with Crippen molar-refractivity contribution in [2.75, 3.05) is 11.5 Å². The average molecular weight is 445 g/mol. The van der Waals surface area contributed by atoms with Gasteiger partial charge < -0.3 is 14.3 Å². The molecule has 0 N–H and O–H groups in total. The number of ether oxygens (including phenoxy) is 2. The molecule has 2 heterocycles. The number of nitrogens with zero attached hydrogens (tertiary/aromatic N) is 4. The van der Waals surface area contributed by atoms with Crippen molar-refractivity contribution in [3.8, 4) is 5.75 Å². The lowest BCUT2D eigenvalue weighted by Crippen LogP contribution is -2.35. The van der Waals surface area contributed by atoms with Gasteiger partial charge in [-0.25, -0.2) is 14.7 Å². The van der Waals surface area contributed by atoms with E-state index < -0.39 is 11.7 Å². The molecule has 0 saturated heterocycles. The van der Waals surface area contributed by atoms with Gasteiger partial charge in [0.15, 0.2) is 11.5 Å². The summed E-state index contributed by atoms with van der Waals surface area (Å²) in [6.45, 7) is 7.79. The molecule has 0 bridgehead atoms. The maximum atomic E-state index is 13.4. The van der Waals surface area contributed by atoms with Crippen molar-refractivity contribution in [2.45, 2.75) is 46.1 Å². The maximum absolute atomic E-state index is 13.4. The lowest BCUT2D eigenvalue weighted by atomic mass is 10.1. The zero-order chi connectivity index (χ0) is 22.6. The Morgan fingerprint density at radius 1 is 1.23 bits per heavy atom. The van der Waals surface area contributed by atoms with E-state index >= 15 is 0 Å². The molecule has 0 radical (unpaired) electrons. The summed E-state index contributed by atoms with van der Waals surface area (Å²) in [5.41, 5.74) is 0.784. The third-order valence-corrected chi connectivity index (χ3v) is 4.57. The Hall–Kier alpha value is -3.13. The van der Waals surface area contributed by atoms with Gasteiger partial charge in [-0.05, 0) is 58.4 Å². The zero-order valence-electron chi connectivity index (χ0n) is 18.0. The highest BCUT2D eigenvalue weighted by Crippen LogP contribution is 2.35. The quantitative estimate of drug-likeness (QED) is 0.377. The van der Waals surface area contributed by atoms with Gasteiger partial charge in [-0.15, -0.1) is 0 Å². The van der Waals surface area contributed by atoms with Crippen LogP contribution in [0.5, 0.6) is 5.75 Å². The molecular formula is C22H25ClN4O4. The second-order valence-corrected chi connectivity index (χ2v) is 8.11. The molecule has 31 heavy (non-hydrogen) atoms. The first-order chi connectivity index (χ1) is 14.7. The number of hydrogen-bond donors (Lipinski definition) is 0. The van der Waals surface area contributed by atoms with Crippen molar-refractivity contribution >= 4 is 41.1 Å². The van der Waals surface area contributed by atoms with Crippen molar-refractivity contribution in [3.63, 3.8) is 0 Å². The van der Waals surface area contributed by atoms with Gasteiger partial charge in [-0.3, -0.25) is 0 Å². The molecule has 3 aromatic rings. The van der Waals surface area contributed by atoms with E-state index in [1.165, 1.54) is 9.42 Å². The Labute approximate surface area is 185 Å². The molecule has 0 aliphatic carbocycles. The highest BCUT2D eigenvalue weighted by molar-refractivity contribution is 6.30. The van der Waals surface area contributed by atoms with E-state index in [1.54, 1.807) is 57.3 Å². The van der Waals surface area contributed by atoms with Crippen LogP contribution in [0.15, 0.2) is 36.5 Å². The first-order valence-electron chi connectivity index (χ1n) is 9.97. The molecule has 1 amide bonds. The smallest absolute Gasteiger partial charge is 0.420 e. The molecule has 9 heteroatoms. The number of carbonyl (C=O) groups is 2. The monoisotopic (exact) mass is 444 g/mol. The zero-order valence-corrected chi connectivity index (χ0v) is 18.7. The highest BCUT2D eigenvalue weighted by atomic mass is 35.5. The number of amides is 1. The van der Waals surface area contributed by atoms with Gasteiger partial charge in [0, 0.05) is 18.1 Å². The lowest BCUT2D eigenvalue weighted by molar-refractivity contribution is -0.107. The molecular weight excluding hydrogens is 420 g/mol. The molecule has 0 atom stereocenters. The summed E-state index contributed by atoms with van der Waals surface area (Å²) in [5, 5.41) is 4.53. The fourth-order valence-corrected chi connectivity index (χ4v) is 3.33. The molecule has 0 spiro atoms. The van der Waals surface area contributed by atoms with Crippen LogP contribution in [0.3, 0.4) is 0 Å². The van der Waals surface area contributed by atoms with Crippen LogP contribution in [-0.4, -0.2) is 39.2 Å². The van der Waals surface area contributed by atoms with Crippen LogP contribution in [-0.2, 0) is 16.0 Å². The number of hydrogen-bond acceptors (Lipinski definition) is 6. The lowest BCUT2D eigenvalue weighted by Gasteiger charge is -2.29. The summed E-state index contributed by atoms with van der Waals surface area (Å²) in [7, 11) is 0. The van der Waals surface area contributed by atoms with Crippen molar-refractivity contribution in [2.24, 2.45) is 0 Å². The summed E-state index contributed by atoms with van der Waals surface area (Å²) in [6.07, 6.45) is 2.26. The van der Waals surface area contributed by atoms with Crippen LogP contribution in [0, 0.1) is 0 Å². The third kappa shape index (κ3) is 5.14. The van der Waals surface area contributed by atoms with Crippen LogP contribution in [0.25, 0.3) is 5.65 Å². The Morgan fingerprint density at radius 2 is 1.94 bits per heavy atom. The standard InChI is InChI=1S/C22H25ClN4O4/c1-5-30-16-10-8-15(9-11-16)26(21(29)31-22(2,3)4)20-17(7-6-14-28)19(23)25-18-12-13-24-27(18)20/h8-14H,5-7H2,1-4H3. The third-order valence-electron chi connectivity index (χ3n) is 4.26. The van der Waals surface area contributed by atoms with Gasteiger partial charge in [-0.2, -0.15) is 9.61 Å². The molecule has 0 saturated carbocycles. The van der Waals surface area contributed by atoms with E-state index in [-0.39, 0.29) is 18.0 Å². The van der Waals surface area contributed by atoms with Crippen molar-refractivity contribution in [3.05, 3.63) is 47.2 Å². The maximum Gasteiger partial charge on any atom is 0.420 e. The summed E-state index contributed by atoms with van der Waals surface area (Å²) in [5.74, 6) is 1.05. The van der Waals surface area contributed by atoms with E-state index in [1.807, 2.05) is 6.92 Å². The molecule has 0 aliphatic heterocycles. The fraction of sp³-hybridized carbons (Fsp3) is 0.364. The van der Waals surface area contributed by atoms with E-state index in [2.05, 4.69) is 10.1 Å². The fourth-order valence-electron chi connectivity index (χ4n) is 3.06. The van der Waals surface area contributed by atoms with Crippen LogP contribution in [0.1, 0.15) is 39.7 Å². The number of benzene rings is 1. The number of aromatic nitrogens is 3. The van der Waals surface area contributed by atoms with E-state index in [9.17, 15) is 9.59 Å². The number of rotatable bonds is 7. The number of fused-ring (bicyclic) bond motifs is 1. The topological polar surface area (TPSA) is 86.0 Å². The summed E-state index contributed by atoms with van der Waals surface area (Å²) in [4.78, 5) is 30.2. The number of aldehydes is 1. The first-order valence-corrected chi connectivity index (χ1v) is 10.3. The van der Waals surface area contributed by atoms with Gasteiger partial charge in [0.25, 0.3) is 0 Å². The van der Waals surface area contributed by atoms with Gasteiger partial charge in [0.2, 0.25) is 0 Å². The van der Waals surface area contributed by atoms with Gasteiger partial charge in [0.05, 0.1) is 18.5 Å². The van der Waals surface area contributed by atoms with Crippen molar-refractivity contribution in [1.29, 1.82) is 0 Å². The highest BCUT2D eigenvalue weighted by Gasteiger charge is 2.30. The van der Waals surface area contributed by atoms with E-state index in [0.29, 0.717) is 35.1 Å². The number of anilines is 2. The Bertz CT molecular complexity index is 1070. The van der Waals surface area contributed by atoms with Crippen LogP contribution < -0.4 is 9.64 Å². The molecule has 0 aliphatic rings. The average Bonchev–Trinajstić information content (AvgIpc) is 3.15. The van der Waals surface area contributed by atoms with Crippen LogP contribution in [0.4, 0.5) is 16.3 Å². The van der Waals surface area contributed by atoms with Crippen molar-refractivity contribution < 1.29 is 19.1 Å². The molecule has 2 aromatic heterocycles. The van der Waals surface area contributed by atoms with Gasteiger partial charge >= 0.3 is 6.09 Å². The predicted octanol–water partition coefficient (Wildman–Crippen LogP) is 4.99. The molecule has 3 rings (SSSR count). The van der Waals surface area contributed by atoms with E-state index in [0.717, 1.165) is 6.29 Å². The minimum absolute atomic E-state index is 0.198. The SMILES string of the molecule is CCOc1ccc(N(C(=O)OC(C)(C)C)c2c(CCC=O)c(Cl)nc3ccnn23)cc1. The second-order valence-electron chi connectivity index (χ2n) is 7.75. The summed E-state index contributed by atoms with van der Waals surface area (Å²) >= 11 is 6.47. The molecule has 0 fully saturated rings. The molecule has 164 valence electrons. The summed E-state index contributed by atoms with van der Waals surface area (Å²) < 4.78 is 12.7. The molecule has 1 aromatic carbocycles. The first kappa shape index (κ1) is 22.6.